The molecule has 8 nitrogen and oxygen atoms in total. The number of aromatic nitrogens is 3. The lowest BCUT2D eigenvalue weighted by Crippen LogP contribution is -2.55. The van der Waals surface area contributed by atoms with Crippen LogP contribution in [-0.2, 0) is 4.74 Å². The minimum absolute atomic E-state index is 0.0151. The van der Waals surface area contributed by atoms with Crippen LogP contribution in [0.1, 0.15) is 11.6 Å². The normalized spacial score (nSPS) is 26.0. The van der Waals surface area contributed by atoms with Crippen LogP contribution in [0, 0.1) is 17.1 Å². The first-order valence-electron chi connectivity index (χ1n) is 9.05. The molecule has 3 N–H and O–H groups in total. The third-order valence-electron chi connectivity index (χ3n) is 4.87. The van der Waals surface area contributed by atoms with E-state index in [2.05, 4.69) is 10.3 Å². The van der Waals surface area contributed by atoms with Crippen LogP contribution in [0.15, 0.2) is 40.1 Å². The molecule has 2 aromatic heterocycles. The van der Waals surface area contributed by atoms with Crippen molar-refractivity contribution in [3.8, 4) is 17.3 Å². The fourth-order valence-electron chi connectivity index (χ4n) is 3.27. The Hall–Kier alpha value is -2.04. The summed E-state index contributed by atoms with van der Waals surface area (Å²) in [5.41, 5.74) is 0.324. The van der Waals surface area contributed by atoms with E-state index in [4.69, 9.17) is 21.6 Å². The maximum atomic E-state index is 14.4. The molecule has 0 aliphatic carbocycles. The van der Waals surface area contributed by atoms with E-state index >= 15 is 0 Å². The summed E-state index contributed by atoms with van der Waals surface area (Å²) in [5.74, 6) is -0.703. The Labute approximate surface area is 189 Å². The summed E-state index contributed by atoms with van der Waals surface area (Å²) in [5, 5.41) is 52.2. The van der Waals surface area contributed by atoms with E-state index in [-0.39, 0.29) is 15.5 Å². The summed E-state index contributed by atoms with van der Waals surface area (Å²) >= 11 is 8.33. The number of rotatable bonds is 5. The lowest BCUT2D eigenvalue weighted by molar-refractivity contribution is -0.178. The minimum Gasteiger partial charge on any atom is -0.394 e. The summed E-state index contributed by atoms with van der Waals surface area (Å²) in [7, 11) is 0. The van der Waals surface area contributed by atoms with Crippen LogP contribution in [0.4, 0.5) is 4.39 Å². The summed E-state index contributed by atoms with van der Waals surface area (Å²) < 4.78 is 21.4. The summed E-state index contributed by atoms with van der Waals surface area (Å²) in [6.45, 7) is -0.524. The Morgan fingerprint density at radius 2 is 2.16 bits per heavy atom. The number of hydrogen-bond acceptors (Lipinski definition) is 9. The highest BCUT2D eigenvalue weighted by molar-refractivity contribution is 7.99. The Morgan fingerprint density at radius 1 is 1.35 bits per heavy atom. The zero-order chi connectivity index (χ0) is 22.1. The zero-order valence-electron chi connectivity index (χ0n) is 15.7. The van der Waals surface area contributed by atoms with Crippen molar-refractivity contribution < 1.29 is 24.4 Å². The average Bonchev–Trinajstić information content (AvgIpc) is 3.44. The molecule has 1 aromatic carbocycles. The molecule has 3 heterocycles. The fourth-order valence-corrected chi connectivity index (χ4v) is 5.30. The van der Waals surface area contributed by atoms with Crippen molar-refractivity contribution in [1.82, 2.24) is 15.0 Å². The molecular weight excluding hydrogens is 467 g/mol. The van der Waals surface area contributed by atoms with E-state index in [9.17, 15) is 19.7 Å². The molecule has 1 fully saturated rings. The molecule has 5 unspecified atom stereocenters. The second kappa shape index (κ2) is 9.22. The van der Waals surface area contributed by atoms with E-state index in [1.54, 1.807) is 12.3 Å². The monoisotopic (exact) mass is 482 g/mol. The molecule has 1 aliphatic heterocycles. The summed E-state index contributed by atoms with van der Waals surface area (Å²) in [4.78, 5) is 0.0532. The molecular formula is C19H16ClFN4O4S2. The predicted molar refractivity (Wildman–Crippen MR) is 112 cm³/mol. The van der Waals surface area contributed by atoms with Crippen LogP contribution in [0.5, 0.6) is 0 Å². The van der Waals surface area contributed by atoms with Crippen molar-refractivity contribution in [3.63, 3.8) is 0 Å². The molecule has 0 saturated carbocycles. The molecule has 5 atom stereocenters. The first-order valence-corrected chi connectivity index (χ1v) is 11.3. The fraction of sp³-hybridized carbons (Fsp3) is 0.316. The molecule has 0 bridgehead atoms. The number of halogens is 2. The number of nitriles is 1. The highest BCUT2D eigenvalue weighted by atomic mass is 35.5. The van der Waals surface area contributed by atoms with Gasteiger partial charge in [0.1, 0.15) is 47.4 Å². The third kappa shape index (κ3) is 4.33. The lowest BCUT2D eigenvalue weighted by atomic mass is 9.97. The van der Waals surface area contributed by atoms with Gasteiger partial charge in [-0.15, -0.1) is 5.10 Å². The Kier molecular flexibility index (Phi) is 6.59. The van der Waals surface area contributed by atoms with Gasteiger partial charge < -0.3 is 20.1 Å². The minimum atomic E-state index is -1.33. The quantitative estimate of drug-likeness (QED) is 0.506. The number of thioether (sulfide) groups is 1. The van der Waals surface area contributed by atoms with Crippen molar-refractivity contribution >= 4 is 34.7 Å². The summed E-state index contributed by atoms with van der Waals surface area (Å²) in [6, 6.07) is 4.93. The highest BCUT2D eigenvalue weighted by Gasteiger charge is 2.46. The van der Waals surface area contributed by atoms with Gasteiger partial charge in [-0.2, -0.15) is 16.6 Å². The van der Waals surface area contributed by atoms with Crippen molar-refractivity contribution in [2.24, 2.45) is 0 Å². The molecule has 162 valence electrons. The zero-order valence-corrected chi connectivity index (χ0v) is 18.1. The van der Waals surface area contributed by atoms with Crippen LogP contribution in [0.25, 0.3) is 11.3 Å². The number of thiophene rings is 1. The number of ether oxygens (including phenoxy) is 1. The van der Waals surface area contributed by atoms with Gasteiger partial charge in [-0.25, -0.2) is 9.07 Å². The van der Waals surface area contributed by atoms with Gasteiger partial charge in [0.05, 0.1) is 23.4 Å². The van der Waals surface area contributed by atoms with Gasteiger partial charge >= 0.3 is 0 Å². The largest absolute Gasteiger partial charge is 0.394 e. The molecule has 3 aromatic rings. The van der Waals surface area contributed by atoms with Crippen LogP contribution in [0.2, 0.25) is 5.02 Å². The second-order valence-electron chi connectivity index (χ2n) is 6.79. The number of aliphatic hydroxyl groups is 3. The predicted octanol–water partition coefficient (Wildman–Crippen LogP) is 2.44. The standard InChI is InChI=1S/C19H16ClFN4O4S2/c20-11-4-15(12(21)3-10(11)5-22)31-19-18(28)16(17(27)14(7-26)29-19)25-6-13(23-24-25)9-1-2-30-8-9/h1-4,6,8,14,16-19,26-28H,7H2. The molecule has 31 heavy (non-hydrogen) atoms. The van der Waals surface area contributed by atoms with E-state index in [1.165, 1.54) is 22.1 Å². The number of aliphatic hydroxyl groups excluding tert-OH is 3. The van der Waals surface area contributed by atoms with Crippen molar-refractivity contribution in [2.75, 3.05) is 6.61 Å². The molecule has 0 radical (unpaired) electrons. The number of benzene rings is 1. The van der Waals surface area contributed by atoms with Crippen LogP contribution in [0.3, 0.4) is 0 Å². The van der Waals surface area contributed by atoms with Crippen molar-refractivity contribution in [2.45, 2.75) is 34.7 Å². The molecule has 4 rings (SSSR count). The van der Waals surface area contributed by atoms with Gasteiger partial charge in [-0.05, 0) is 23.6 Å². The van der Waals surface area contributed by atoms with Crippen LogP contribution >= 0.6 is 34.7 Å². The Morgan fingerprint density at radius 3 is 2.84 bits per heavy atom. The Balaban J connectivity index is 1.63. The first kappa shape index (κ1) is 22.2. The van der Waals surface area contributed by atoms with Gasteiger partial charge in [0.2, 0.25) is 0 Å². The van der Waals surface area contributed by atoms with Crippen molar-refractivity contribution in [3.05, 3.63) is 51.6 Å². The van der Waals surface area contributed by atoms with Gasteiger partial charge in [0.15, 0.2) is 0 Å². The lowest BCUT2D eigenvalue weighted by Gasteiger charge is -2.41. The van der Waals surface area contributed by atoms with Crippen molar-refractivity contribution in [1.29, 1.82) is 5.26 Å². The summed E-state index contributed by atoms with van der Waals surface area (Å²) in [6.07, 6.45) is -2.08. The molecule has 0 amide bonds. The van der Waals surface area contributed by atoms with E-state index in [1.807, 2.05) is 16.8 Å². The van der Waals surface area contributed by atoms with Crippen LogP contribution < -0.4 is 0 Å². The van der Waals surface area contributed by atoms with E-state index in [0.29, 0.717) is 5.69 Å². The number of nitrogens with zero attached hydrogens (tertiary/aromatic N) is 4. The number of hydrogen-bond donors (Lipinski definition) is 3. The second-order valence-corrected chi connectivity index (χ2v) is 9.11. The Bertz CT molecular complexity index is 1110. The van der Waals surface area contributed by atoms with E-state index < -0.39 is 42.2 Å². The first-order chi connectivity index (χ1) is 14.9. The maximum absolute atomic E-state index is 14.4. The maximum Gasteiger partial charge on any atom is 0.138 e. The molecule has 1 saturated heterocycles. The molecule has 12 heteroatoms. The van der Waals surface area contributed by atoms with Gasteiger partial charge in [-0.1, -0.05) is 28.6 Å². The van der Waals surface area contributed by atoms with Gasteiger partial charge in [0, 0.05) is 15.8 Å². The van der Waals surface area contributed by atoms with Gasteiger partial charge in [-0.3, -0.25) is 0 Å². The molecule has 0 spiro atoms. The average molecular weight is 483 g/mol. The van der Waals surface area contributed by atoms with E-state index in [0.717, 1.165) is 23.4 Å². The smallest absolute Gasteiger partial charge is 0.138 e. The van der Waals surface area contributed by atoms with Crippen LogP contribution in [-0.4, -0.2) is 60.7 Å². The topological polar surface area (TPSA) is 124 Å². The highest BCUT2D eigenvalue weighted by Crippen LogP contribution is 2.40. The SMILES string of the molecule is N#Cc1cc(F)c(SC2OC(CO)C(O)C(n3cc(-c4ccsc4)nn3)C2O)cc1Cl. The molecule has 1 aliphatic rings. The van der Waals surface area contributed by atoms with Gasteiger partial charge in [0.25, 0.3) is 0 Å². The third-order valence-corrected chi connectivity index (χ3v) is 7.05.